The van der Waals surface area contributed by atoms with Crippen LogP contribution in [-0.4, -0.2) is 19.0 Å². The lowest BCUT2D eigenvalue weighted by molar-refractivity contribution is -0.127. The van der Waals surface area contributed by atoms with Crippen LogP contribution in [0.4, 0.5) is 0 Å². The normalized spacial score (nSPS) is 26.8. The van der Waals surface area contributed by atoms with Gasteiger partial charge in [0.25, 0.3) is 0 Å². The molecule has 0 heterocycles. The highest BCUT2D eigenvalue weighted by molar-refractivity contribution is 5.79. The number of nitrogens with two attached hydrogens (primary N) is 1. The molecule has 1 fully saturated rings. The second-order valence-electron chi connectivity index (χ2n) is 4.66. The molecule has 0 saturated heterocycles. The monoisotopic (exact) mass is 223 g/mol. The first-order chi connectivity index (χ1) is 7.69. The van der Waals surface area contributed by atoms with Gasteiger partial charge in [0, 0.05) is 12.5 Å². The van der Waals surface area contributed by atoms with Gasteiger partial charge in [-0.15, -0.1) is 0 Å². The lowest BCUT2D eigenvalue weighted by Gasteiger charge is -2.29. The van der Waals surface area contributed by atoms with E-state index in [-0.39, 0.29) is 17.7 Å². The van der Waals surface area contributed by atoms with E-state index >= 15 is 0 Å². The second-order valence-corrected chi connectivity index (χ2v) is 4.66. The molecule has 90 valence electrons. The Kier molecular flexibility index (Phi) is 5.27. The molecule has 0 aromatic rings. The third kappa shape index (κ3) is 3.49. The summed E-state index contributed by atoms with van der Waals surface area (Å²) in [6.07, 6.45) is 4.29. The highest BCUT2D eigenvalue weighted by Crippen LogP contribution is 2.29. The van der Waals surface area contributed by atoms with Crippen molar-refractivity contribution in [3.05, 3.63) is 0 Å². The molecule has 3 N–H and O–H groups in total. The van der Waals surface area contributed by atoms with Gasteiger partial charge in [-0.05, 0) is 32.2 Å². The maximum Gasteiger partial charge on any atom is 0.223 e. The second kappa shape index (κ2) is 6.49. The van der Waals surface area contributed by atoms with Gasteiger partial charge in [-0.25, -0.2) is 0 Å². The van der Waals surface area contributed by atoms with E-state index in [1.165, 1.54) is 6.42 Å². The van der Waals surface area contributed by atoms with Gasteiger partial charge < -0.3 is 11.1 Å². The smallest absolute Gasteiger partial charge is 0.223 e. The van der Waals surface area contributed by atoms with Gasteiger partial charge in [-0.3, -0.25) is 4.79 Å². The van der Waals surface area contributed by atoms with E-state index in [9.17, 15) is 4.79 Å². The Hall–Kier alpha value is -1.08. The van der Waals surface area contributed by atoms with Crippen LogP contribution in [0.5, 0.6) is 0 Å². The van der Waals surface area contributed by atoms with Crippen molar-refractivity contribution in [1.29, 1.82) is 5.26 Å². The van der Waals surface area contributed by atoms with E-state index in [0.717, 1.165) is 19.3 Å². The van der Waals surface area contributed by atoms with Gasteiger partial charge in [-0.1, -0.05) is 12.8 Å². The number of nitrogens with one attached hydrogen (secondary N) is 1. The zero-order valence-electron chi connectivity index (χ0n) is 9.91. The Morgan fingerprint density at radius 2 is 2.25 bits per heavy atom. The maximum absolute atomic E-state index is 11.9. The lowest BCUT2D eigenvalue weighted by Crippen LogP contribution is -2.40. The fourth-order valence-corrected chi connectivity index (χ4v) is 2.27. The quantitative estimate of drug-likeness (QED) is 0.747. The summed E-state index contributed by atoms with van der Waals surface area (Å²) in [4.78, 5) is 11.9. The van der Waals surface area contributed by atoms with Gasteiger partial charge in [-0.2, -0.15) is 5.26 Å². The van der Waals surface area contributed by atoms with Gasteiger partial charge in [0.05, 0.1) is 12.0 Å². The molecule has 1 saturated carbocycles. The van der Waals surface area contributed by atoms with Crippen LogP contribution in [0, 0.1) is 29.1 Å². The predicted octanol–water partition coefficient (Wildman–Crippen LogP) is 1.03. The van der Waals surface area contributed by atoms with E-state index in [0.29, 0.717) is 19.0 Å². The molecule has 1 rings (SSSR count). The van der Waals surface area contributed by atoms with Gasteiger partial charge in [0.1, 0.15) is 0 Å². The minimum Gasteiger partial charge on any atom is -0.355 e. The fourth-order valence-electron chi connectivity index (χ4n) is 2.27. The fraction of sp³-hybridized carbons (Fsp3) is 0.833. The van der Waals surface area contributed by atoms with Crippen molar-refractivity contribution in [3.8, 4) is 6.07 Å². The van der Waals surface area contributed by atoms with Crippen LogP contribution in [0.2, 0.25) is 0 Å². The molecular formula is C12H21N3O. The molecule has 0 aromatic carbocycles. The van der Waals surface area contributed by atoms with Gasteiger partial charge >= 0.3 is 0 Å². The molecule has 1 aliphatic carbocycles. The number of nitriles is 1. The van der Waals surface area contributed by atoms with Crippen LogP contribution in [-0.2, 0) is 4.79 Å². The summed E-state index contributed by atoms with van der Waals surface area (Å²) < 4.78 is 0. The average molecular weight is 223 g/mol. The van der Waals surface area contributed by atoms with Crippen LogP contribution < -0.4 is 11.1 Å². The van der Waals surface area contributed by atoms with E-state index in [2.05, 4.69) is 11.4 Å². The molecule has 0 aromatic heterocycles. The van der Waals surface area contributed by atoms with Crippen molar-refractivity contribution in [2.75, 3.05) is 13.1 Å². The summed E-state index contributed by atoms with van der Waals surface area (Å²) in [5, 5.41) is 11.5. The molecule has 1 aliphatic rings. The molecular weight excluding hydrogens is 202 g/mol. The Morgan fingerprint density at radius 3 is 2.88 bits per heavy atom. The summed E-state index contributed by atoms with van der Waals surface area (Å²) in [6, 6.07) is 2.11. The van der Waals surface area contributed by atoms with E-state index < -0.39 is 0 Å². The highest BCUT2D eigenvalue weighted by Gasteiger charge is 2.29. The van der Waals surface area contributed by atoms with Gasteiger partial charge in [0.15, 0.2) is 0 Å². The first-order valence-corrected chi connectivity index (χ1v) is 6.06. The molecule has 3 unspecified atom stereocenters. The van der Waals surface area contributed by atoms with E-state index in [1.54, 1.807) is 0 Å². The van der Waals surface area contributed by atoms with Crippen molar-refractivity contribution in [3.63, 3.8) is 0 Å². The zero-order chi connectivity index (χ0) is 12.0. The van der Waals surface area contributed by atoms with Gasteiger partial charge in [0.2, 0.25) is 5.91 Å². The molecule has 0 spiro atoms. The van der Waals surface area contributed by atoms with E-state index in [4.69, 9.17) is 11.0 Å². The first kappa shape index (κ1) is 13.0. The van der Waals surface area contributed by atoms with Crippen LogP contribution in [0.25, 0.3) is 0 Å². The maximum atomic E-state index is 11.9. The third-order valence-electron chi connectivity index (χ3n) is 3.35. The van der Waals surface area contributed by atoms with Crippen molar-refractivity contribution in [2.24, 2.45) is 23.5 Å². The van der Waals surface area contributed by atoms with Crippen molar-refractivity contribution in [2.45, 2.75) is 32.6 Å². The van der Waals surface area contributed by atoms with Crippen molar-refractivity contribution in [1.82, 2.24) is 5.32 Å². The first-order valence-electron chi connectivity index (χ1n) is 6.06. The van der Waals surface area contributed by atoms with Crippen LogP contribution in [0.3, 0.4) is 0 Å². The SMILES string of the molecule is CC(C#N)CNC(=O)C1CCCCC1CN. The van der Waals surface area contributed by atoms with Crippen LogP contribution in [0.1, 0.15) is 32.6 Å². The molecule has 1 amide bonds. The number of hydrogen-bond donors (Lipinski definition) is 2. The number of nitrogens with zero attached hydrogens (tertiary/aromatic N) is 1. The molecule has 4 nitrogen and oxygen atoms in total. The molecule has 3 atom stereocenters. The number of carbonyl (C=O) groups is 1. The Bertz CT molecular complexity index is 272. The van der Waals surface area contributed by atoms with Crippen LogP contribution in [0.15, 0.2) is 0 Å². The summed E-state index contributed by atoms with van der Waals surface area (Å²) in [7, 11) is 0. The average Bonchev–Trinajstić information content (AvgIpc) is 2.35. The summed E-state index contributed by atoms with van der Waals surface area (Å²) in [5.41, 5.74) is 5.68. The summed E-state index contributed by atoms with van der Waals surface area (Å²) >= 11 is 0. The largest absolute Gasteiger partial charge is 0.355 e. The summed E-state index contributed by atoms with van der Waals surface area (Å²) in [5.74, 6) is 0.344. The lowest BCUT2D eigenvalue weighted by atomic mass is 9.78. The van der Waals surface area contributed by atoms with E-state index in [1.807, 2.05) is 6.92 Å². The Morgan fingerprint density at radius 1 is 1.56 bits per heavy atom. The predicted molar refractivity (Wildman–Crippen MR) is 62.3 cm³/mol. The number of carbonyl (C=O) groups excluding carboxylic acids is 1. The minimum atomic E-state index is -0.121. The molecule has 0 aliphatic heterocycles. The van der Waals surface area contributed by atoms with Crippen LogP contribution >= 0.6 is 0 Å². The highest BCUT2D eigenvalue weighted by atomic mass is 16.1. The Labute approximate surface area is 97.2 Å². The Balaban J connectivity index is 2.42. The topological polar surface area (TPSA) is 78.9 Å². The molecule has 0 radical (unpaired) electrons. The standard InChI is InChI=1S/C12H21N3O/c1-9(6-13)8-15-12(16)11-5-3-2-4-10(11)7-14/h9-11H,2-5,7-8,14H2,1H3,(H,15,16). The van der Waals surface area contributed by atoms with Crippen molar-refractivity contribution >= 4 is 5.91 Å². The minimum absolute atomic E-state index is 0.0599. The summed E-state index contributed by atoms with van der Waals surface area (Å²) in [6.45, 7) is 2.84. The third-order valence-corrected chi connectivity index (χ3v) is 3.35. The zero-order valence-corrected chi connectivity index (χ0v) is 9.91. The molecule has 4 heteroatoms. The van der Waals surface area contributed by atoms with Crippen molar-refractivity contribution < 1.29 is 4.79 Å². The number of hydrogen-bond acceptors (Lipinski definition) is 3. The molecule has 0 bridgehead atoms. The number of rotatable bonds is 4. The molecule has 16 heavy (non-hydrogen) atoms. The number of amides is 1.